The van der Waals surface area contributed by atoms with Crippen LogP contribution in [0.15, 0.2) is 24.3 Å². The maximum atomic E-state index is 3.70. The molecule has 2 nitrogen and oxygen atoms in total. The zero-order valence-corrected chi connectivity index (χ0v) is 9.50. The summed E-state index contributed by atoms with van der Waals surface area (Å²) in [5.41, 5.74) is 2.93. The molecule has 3 rings (SSSR count). The van der Waals surface area contributed by atoms with Crippen molar-refractivity contribution in [3.63, 3.8) is 0 Å². The average Bonchev–Trinajstić information content (AvgIpc) is 2.59. The highest BCUT2D eigenvalue weighted by atomic mass is 79.9. The number of rotatable bonds is 0. The van der Waals surface area contributed by atoms with Crippen molar-refractivity contribution in [3.8, 4) is 0 Å². The lowest BCUT2D eigenvalue weighted by molar-refractivity contribution is 0.471. The van der Waals surface area contributed by atoms with Crippen LogP contribution in [0.1, 0.15) is 5.56 Å². The van der Waals surface area contributed by atoms with Gasteiger partial charge in [-0.15, -0.1) is 0 Å². The molecule has 1 N–H and O–H groups in total. The number of benzene rings is 1. The fourth-order valence-electron chi connectivity index (χ4n) is 2.48. The molecule has 2 aliphatic heterocycles. The normalized spacial score (nSPS) is 29.9. The lowest BCUT2D eigenvalue weighted by Gasteiger charge is -2.36. The van der Waals surface area contributed by atoms with Gasteiger partial charge in [0.05, 0.1) is 11.0 Å². The van der Waals surface area contributed by atoms with Crippen molar-refractivity contribution in [2.75, 3.05) is 18.0 Å². The molecular formula is C11H13BrN2. The maximum absolute atomic E-state index is 3.70. The summed E-state index contributed by atoms with van der Waals surface area (Å²) < 4.78 is 0. The topological polar surface area (TPSA) is 15.3 Å². The Bertz CT molecular complexity index is 353. The Morgan fingerprint density at radius 2 is 2.21 bits per heavy atom. The van der Waals surface area contributed by atoms with E-state index in [1.807, 2.05) is 0 Å². The van der Waals surface area contributed by atoms with Crippen LogP contribution in [-0.2, 0) is 6.42 Å². The number of alkyl halides is 1. The van der Waals surface area contributed by atoms with Crippen LogP contribution in [-0.4, -0.2) is 24.1 Å². The van der Waals surface area contributed by atoms with E-state index in [0.717, 1.165) is 13.1 Å². The molecule has 1 fully saturated rings. The largest absolute Gasteiger partial charge is 0.364 e. The van der Waals surface area contributed by atoms with Gasteiger partial charge in [0, 0.05) is 18.8 Å². The molecule has 0 aromatic heterocycles. The van der Waals surface area contributed by atoms with Crippen LogP contribution < -0.4 is 10.2 Å². The molecule has 2 aliphatic rings. The molecule has 0 spiro atoms. The summed E-state index contributed by atoms with van der Waals surface area (Å²) in [7, 11) is 0. The lowest BCUT2D eigenvalue weighted by Crippen LogP contribution is -2.54. The Labute approximate surface area is 92.4 Å². The Kier molecular flexibility index (Phi) is 2.03. The first-order valence-corrected chi connectivity index (χ1v) is 6.00. The summed E-state index contributed by atoms with van der Waals surface area (Å²) in [5.74, 6) is 0. The molecule has 2 unspecified atom stereocenters. The number of piperazine rings is 1. The van der Waals surface area contributed by atoms with Gasteiger partial charge in [-0.1, -0.05) is 34.1 Å². The SMILES string of the molecule is BrC1NCCN2c3ccccc3CC12. The molecule has 2 heterocycles. The highest BCUT2D eigenvalue weighted by Gasteiger charge is 2.35. The van der Waals surface area contributed by atoms with E-state index in [4.69, 9.17) is 0 Å². The minimum Gasteiger partial charge on any atom is -0.364 e. The molecule has 0 bridgehead atoms. The molecule has 0 amide bonds. The monoisotopic (exact) mass is 252 g/mol. The second-order valence-corrected chi connectivity index (χ2v) is 4.94. The van der Waals surface area contributed by atoms with Gasteiger partial charge >= 0.3 is 0 Å². The molecule has 14 heavy (non-hydrogen) atoms. The van der Waals surface area contributed by atoms with Crippen molar-refractivity contribution < 1.29 is 0 Å². The van der Waals surface area contributed by atoms with E-state index in [-0.39, 0.29) is 0 Å². The van der Waals surface area contributed by atoms with E-state index >= 15 is 0 Å². The summed E-state index contributed by atoms with van der Waals surface area (Å²) in [6.45, 7) is 2.20. The predicted octanol–water partition coefficient (Wildman–Crippen LogP) is 1.74. The molecule has 1 aromatic rings. The molecule has 74 valence electrons. The minimum absolute atomic E-state index is 0.434. The van der Waals surface area contributed by atoms with Crippen LogP contribution in [0.3, 0.4) is 0 Å². The summed E-state index contributed by atoms with van der Waals surface area (Å²) in [5, 5.41) is 3.46. The van der Waals surface area contributed by atoms with Crippen molar-refractivity contribution in [1.29, 1.82) is 0 Å². The van der Waals surface area contributed by atoms with E-state index in [0.29, 0.717) is 11.0 Å². The Morgan fingerprint density at radius 1 is 1.36 bits per heavy atom. The van der Waals surface area contributed by atoms with Gasteiger partial charge in [-0.05, 0) is 18.1 Å². The van der Waals surface area contributed by atoms with E-state index < -0.39 is 0 Å². The van der Waals surface area contributed by atoms with Crippen molar-refractivity contribution in [2.45, 2.75) is 17.4 Å². The van der Waals surface area contributed by atoms with Gasteiger partial charge in [0.15, 0.2) is 0 Å². The number of hydrogen-bond acceptors (Lipinski definition) is 2. The molecule has 0 aliphatic carbocycles. The number of nitrogens with zero attached hydrogens (tertiary/aromatic N) is 1. The zero-order chi connectivity index (χ0) is 9.54. The Hall–Kier alpha value is -0.540. The number of nitrogens with one attached hydrogen (secondary N) is 1. The zero-order valence-electron chi connectivity index (χ0n) is 7.91. The number of hydrogen-bond donors (Lipinski definition) is 1. The molecule has 1 aromatic carbocycles. The summed E-state index contributed by atoms with van der Waals surface area (Å²) in [6.07, 6.45) is 1.17. The first-order valence-electron chi connectivity index (χ1n) is 5.08. The number of para-hydroxylation sites is 1. The van der Waals surface area contributed by atoms with Crippen LogP contribution >= 0.6 is 15.9 Å². The molecular weight excluding hydrogens is 240 g/mol. The number of anilines is 1. The number of halogens is 1. The predicted molar refractivity (Wildman–Crippen MR) is 62.0 cm³/mol. The van der Waals surface area contributed by atoms with Crippen molar-refractivity contribution in [1.82, 2.24) is 5.32 Å². The minimum atomic E-state index is 0.434. The van der Waals surface area contributed by atoms with Crippen LogP contribution in [0, 0.1) is 0 Å². The van der Waals surface area contributed by atoms with Gasteiger partial charge in [-0.25, -0.2) is 0 Å². The number of fused-ring (bicyclic) bond motifs is 3. The summed E-state index contributed by atoms with van der Waals surface area (Å²) in [4.78, 5) is 2.95. The molecule has 3 heteroatoms. The lowest BCUT2D eigenvalue weighted by atomic mass is 10.1. The third-order valence-electron chi connectivity index (χ3n) is 3.16. The first-order chi connectivity index (χ1) is 6.86. The smallest absolute Gasteiger partial charge is 0.0840 e. The second-order valence-electron chi connectivity index (χ2n) is 3.95. The standard InChI is InChI=1S/C11H13BrN2/c12-11-10-7-8-3-1-2-4-9(8)14(10)6-5-13-11/h1-4,10-11,13H,5-7H2. The Balaban J connectivity index is 2.00. The van der Waals surface area contributed by atoms with Crippen molar-refractivity contribution >= 4 is 21.6 Å². The van der Waals surface area contributed by atoms with Gasteiger partial charge in [-0.2, -0.15) is 0 Å². The van der Waals surface area contributed by atoms with Gasteiger partial charge < -0.3 is 10.2 Å². The quantitative estimate of drug-likeness (QED) is 0.559. The van der Waals surface area contributed by atoms with E-state index in [2.05, 4.69) is 50.4 Å². The molecule has 0 radical (unpaired) electrons. The summed E-state index contributed by atoms with van der Waals surface area (Å²) >= 11 is 3.70. The highest BCUT2D eigenvalue weighted by molar-refractivity contribution is 9.09. The van der Waals surface area contributed by atoms with E-state index in [9.17, 15) is 0 Å². The second kappa shape index (κ2) is 3.24. The maximum Gasteiger partial charge on any atom is 0.0840 e. The van der Waals surface area contributed by atoms with E-state index in [1.165, 1.54) is 17.7 Å². The van der Waals surface area contributed by atoms with Crippen LogP contribution in [0.5, 0.6) is 0 Å². The first kappa shape index (κ1) is 8.74. The average molecular weight is 253 g/mol. The van der Waals surface area contributed by atoms with Gasteiger partial charge in [0.25, 0.3) is 0 Å². The molecule has 0 saturated carbocycles. The van der Waals surface area contributed by atoms with Crippen LogP contribution in [0.25, 0.3) is 0 Å². The summed E-state index contributed by atoms with van der Waals surface area (Å²) in [6, 6.07) is 9.34. The van der Waals surface area contributed by atoms with Gasteiger partial charge in [-0.3, -0.25) is 0 Å². The Morgan fingerprint density at radius 3 is 3.14 bits per heavy atom. The van der Waals surface area contributed by atoms with Crippen LogP contribution in [0.4, 0.5) is 5.69 Å². The van der Waals surface area contributed by atoms with E-state index in [1.54, 1.807) is 0 Å². The molecule has 2 atom stereocenters. The van der Waals surface area contributed by atoms with Crippen LogP contribution in [0.2, 0.25) is 0 Å². The van der Waals surface area contributed by atoms with Crippen molar-refractivity contribution in [3.05, 3.63) is 29.8 Å². The third kappa shape index (κ3) is 1.19. The fraction of sp³-hybridized carbons (Fsp3) is 0.455. The third-order valence-corrected chi connectivity index (χ3v) is 4.09. The fourth-order valence-corrected chi connectivity index (χ4v) is 3.19. The highest BCUT2D eigenvalue weighted by Crippen LogP contribution is 2.35. The molecule has 1 saturated heterocycles. The van der Waals surface area contributed by atoms with Crippen molar-refractivity contribution in [2.24, 2.45) is 0 Å². The van der Waals surface area contributed by atoms with Gasteiger partial charge in [0.1, 0.15) is 0 Å². The van der Waals surface area contributed by atoms with Gasteiger partial charge in [0.2, 0.25) is 0 Å².